The molecule has 2 saturated carbocycles. The highest BCUT2D eigenvalue weighted by Crippen LogP contribution is 2.68. The summed E-state index contributed by atoms with van der Waals surface area (Å²) in [4.78, 5) is 0. The Hall–Kier alpha value is -0.680. The molecule has 0 aromatic rings. The lowest BCUT2D eigenvalue weighted by atomic mass is 9.47. The van der Waals surface area contributed by atoms with Crippen LogP contribution < -0.4 is 0 Å². The first kappa shape index (κ1) is 25.4. The summed E-state index contributed by atoms with van der Waals surface area (Å²) in [5.41, 5.74) is 0.600. The second-order valence-electron chi connectivity index (χ2n) is 13.1. The second-order valence-corrected chi connectivity index (χ2v) is 13.1. The van der Waals surface area contributed by atoms with Crippen LogP contribution in [0.4, 0.5) is 0 Å². The fourth-order valence-electron chi connectivity index (χ4n) is 8.62. The minimum absolute atomic E-state index is 0.119. The quantitative estimate of drug-likeness (QED) is 0.435. The molecule has 4 aliphatic rings. The third-order valence-corrected chi connectivity index (χ3v) is 11.2. The van der Waals surface area contributed by atoms with Gasteiger partial charge in [0, 0.05) is 5.41 Å². The van der Waals surface area contributed by atoms with Gasteiger partial charge in [0.25, 0.3) is 0 Å². The number of aliphatic hydroxyl groups excluding tert-OH is 3. The molecular weight excluding hydrogens is 412 g/mol. The number of hydrogen-bond donors (Lipinski definition) is 4. The zero-order valence-electron chi connectivity index (χ0n) is 21.8. The van der Waals surface area contributed by atoms with Gasteiger partial charge in [0.2, 0.25) is 0 Å². The molecule has 33 heavy (non-hydrogen) atoms. The molecule has 0 unspecified atom stereocenters. The molecular formula is C29H48O4. The molecule has 4 nitrogen and oxygen atoms in total. The maximum Gasteiger partial charge on any atom is 0.117 e. The van der Waals surface area contributed by atoms with E-state index in [2.05, 4.69) is 48.1 Å². The Balaban J connectivity index is 1.70. The fourth-order valence-corrected chi connectivity index (χ4v) is 8.62. The van der Waals surface area contributed by atoms with Crippen molar-refractivity contribution < 1.29 is 20.4 Å². The molecule has 4 rings (SSSR count). The summed E-state index contributed by atoms with van der Waals surface area (Å²) < 4.78 is 0. The molecule has 188 valence electrons. The number of fused-ring (bicyclic) bond motifs is 4. The van der Waals surface area contributed by atoms with Crippen LogP contribution in [0.3, 0.4) is 0 Å². The Morgan fingerprint density at radius 1 is 1.00 bits per heavy atom. The summed E-state index contributed by atoms with van der Waals surface area (Å²) in [5.74, 6) is 1.98. The molecule has 0 aliphatic heterocycles. The average molecular weight is 461 g/mol. The minimum Gasteiger partial charge on any atom is -0.390 e. The molecule has 4 N–H and O–H groups in total. The van der Waals surface area contributed by atoms with Gasteiger partial charge in [-0.3, -0.25) is 0 Å². The molecule has 2 fully saturated rings. The highest BCUT2D eigenvalue weighted by atomic mass is 16.3. The van der Waals surface area contributed by atoms with Crippen LogP contribution in [0.25, 0.3) is 0 Å². The molecule has 0 aromatic heterocycles. The van der Waals surface area contributed by atoms with Gasteiger partial charge in [0.05, 0.1) is 18.3 Å². The highest BCUT2D eigenvalue weighted by molar-refractivity contribution is 5.45. The lowest BCUT2D eigenvalue weighted by molar-refractivity contribution is -0.133. The molecule has 0 spiro atoms. The van der Waals surface area contributed by atoms with Crippen molar-refractivity contribution in [3.8, 4) is 0 Å². The van der Waals surface area contributed by atoms with Crippen molar-refractivity contribution in [2.75, 3.05) is 0 Å². The van der Waals surface area contributed by atoms with Gasteiger partial charge in [-0.1, -0.05) is 61.0 Å². The summed E-state index contributed by atoms with van der Waals surface area (Å²) in [5, 5.41) is 45.8. The van der Waals surface area contributed by atoms with Gasteiger partial charge in [0.1, 0.15) is 5.60 Å². The third kappa shape index (κ3) is 3.53. The van der Waals surface area contributed by atoms with Gasteiger partial charge in [-0.05, 0) is 90.2 Å². The van der Waals surface area contributed by atoms with Crippen molar-refractivity contribution in [1.29, 1.82) is 0 Å². The Morgan fingerprint density at radius 2 is 1.67 bits per heavy atom. The van der Waals surface area contributed by atoms with E-state index < -0.39 is 29.3 Å². The van der Waals surface area contributed by atoms with E-state index in [1.807, 2.05) is 0 Å². The van der Waals surface area contributed by atoms with Crippen LogP contribution >= 0.6 is 0 Å². The Labute approximate surface area is 201 Å². The maximum absolute atomic E-state index is 12.4. The topological polar surface area (TPSA) is 80.9 Å². The van der Waals surface area contributed by atoms with Crippen molar-refractivity contribution in [3.63, 3.8) is 0 Å². The normalized spacial score (nSPS) is 47.2. The summed E-state index contributed by atoms with van der Waals surface area (Å²) in [6.07, 6.45) is 4.33. The summed E-state index contributed by atoms with van der Waals surface area (Å²) in [6.45, 7) is 17.7. The molecule has 0 heterocycles. The first-order chi connectivity index (χ1) is 15.3. The zero-order valence-corrected chi connectivity index (χ0v) is 21.8. The van der Waals surface area contributed by atoms with Gasteiger partial charge in [-0.2, -0.15) is 0 Å². The van der Waals surface area contributed by atoms with E-state index in [0.717, 1.165) is 42.4 Å². The van der Waals surface area contributed by atoms with Crippen molar-refractivity contribution in [2.45, 2.75) is 117 Å². The Morgan fingerprint density at radius 3 is 2.30 bits per heavy atom. The molecule has 0 aromatic carbocycles. The summed E-state index contributed by atoms with van der Waals surface area (Å²) in [6, 6.07) is 0. The van der Waals surface area contributed by atoms with E-state index >= 15 is 0 Å². The number of aliphatic hydroxyl groups is 4. The number of rotatable bonds is 5. The van der Waals surface area contributed by atoms with Crippen LogP contribution in [0.5, 0.6) is 0 Å². The zero-order chi connectivity index (χ0) is 24.5. The summed E-state index contributed by atoms with van der Waals surface area (Å²) in [7, 11) is 0. The van der Waals surface area contributed by atoms with Crippen LogP contribution in [-0.4, -0.2) is 44.3 Å². The van der Waals surface area contributed by atoms with Gasteiger partial charge in [-0.25, -0.2) is 0 Å². The lowest BCUT2D eigenvalue weighted by Crippen LogP contribution is -2.61. The second kappa shape index (κ2) is 8.47. The van der Waals surface area contributed by atoms with Crippen molar-refractivity contribution in [3.05, 3.63) is 23.3 Å². The monoisotopic (exact) mass is 460 g/mol. The first-order valence-electron chi connectivity index (χ1n) is 13.5. The van der Waals surface area contributed by atoms with E-state index in [1.165, 1.54) is 0 Å². The van der Waals surface area contributed by atoms with Crippen LogP contribution in [0, 0.1) is 40.4 Å². The van der Waals surface area contributed by atoms with Gasteiger partial charge >= 0.3 is 0 Å². The summed E-state index contributed by atoms with van der Waals surface area (Å²) >= 11 is 0. The molecule has 0 bridgehead atoms. The predicted molar refractivity (Wildman–Crippen MR) is 132 cm³/mol. The van der Waals surface area contributed by atoms with Crippen molar-refractivity contribution in [2.24, 2.45) is 40.4 Å². The van der Waals surface area contributed by atoms with Crippen LogP contribution in [0.15, 0.2) is 23.3 Å². The van der Waals surface area contributed by atoms with E-state index in [-0.39, 0.29) is 17.3 Å². The Bertz CT molecular complexity index is 816. The van der Waals surface area contributed by atoms with Crippen LogP contribution in [-0.2, 0) is 0 Å². The average Bonchev–Trinajstić information content (AvgIpc) is 2.95. The van der Waals surface area contributed by atoms with E-state index in [1.54, 1.807) is 0 Å². The fraction of sp³-hybridized carbons (Fsp3) is 0.862. The molecule has 4 aliphatic carbocycles. The largest absolute Gasteiger partial charge is 0.390 e. The SMILES string of the molecule is C=C1[C@@H](O)CC[C@]2(C)C3=C(CC[C@@H]12)[C@]1(O)[C@@H](O)C[C@H]([C@H](C)CC[C@@H](C)C(C)C)[C@@]1(C)C[C@@H]3O. The van der Waals surface area contributed by atoms with E-state index in [0.29, 0.717) is 43.4 Å². The van der Waals surface area contributed by atoms with Gasteiger partial charge in [0.15, 0.2) is 0 Å². The first-order valence-corrected chi connectivity index (χ1v) is 13.5. The maximum atomic E-state index is 12.4. The molecule has 0 radical (unpaired) electrons. The number of hydrogen-bond acceptors (Lipinski definition) is 4. The smallest absolute Gasteiger partial charge is 0.117 e. The van der Waals surface area contributed by atoms with E-state index in [4.69, 9.17) is 0 Å². The minimum atomic E-state index is -1.28. The van der Waals surface area contributed by atoms with Crippen LogP contribution in [0.2, 0.25) is 0 Å². The van der Waals surface area contributed by atoms with Crippen molar-refractivity contribution in [1.82, 2.24) is 0 Å². The standard InChI is InChI=1S/C29H48O4/c1-16(2)17(3)8-9-18(4)22-14-25(32)29(33)21-11-10-20-19(5)23(30)12-13-27(20,6)26(21)24(31)15-28(22,29)7/h16-18,20,22-25,30-33H,5,8-15H2,1-4,6-7H3/t17-,18-,20+,22-,23+,24+,25+,27+,28-,29+/m1/s1. The van der Waals surface area contributed by atoms with Crippen LogP contribution in [0.1, 0.15) is 92.9 Å². The predicted octanol–water partition coefficient (Wildman–Crippen LogP) is 5.00. The highest BCUT2D eigenvalue weighted by Gasteiger charge is 2.69. The van der Waals surface area contributed by atoms with Crippen molar-refractivity contribution >= 4 is 0 Å². The van der Waals surface area contributed by atoms with Gasteiger partial charge in [-0.15, -0.1) is 0 Å². The van der Waals surface area contributed by atoms with Gasteiger partial charge < -0.3 is 20.4 Å². The molecule has 4 heteroatoms. The molecule has 10 atom stereocenters. The molecule has 0 amide bonds. The molecule has 0 saturated heterocycles. The Kier molecular flexibility index (Phi) is 6.52. The lowest BCUT2D eigenvalue weighted by Gasteiger charge is -2.59. The third-order valence-electron chi connectivity index (χ3n) is 11.2. The van der Waals surface area contributed by atoms with E-state index in [9.17, 15) is 20.4 Å².